The van der Waals surface area contributed by atoms with E-state index in [1.165, 1.54) is 6.07 Å². The first kappa shape index (κ1) is 21.8. The van der Waals surface area contributed by atoms with E-state index in [0.29, 0.717) is 13.0 Å². The van der Waals surface area contributed by atoms with E-state index in [1.807, 2.05) is 4.90 Å². The Morgan fingerprint density at radius 2 is 1.94 bits per heavy atom. The van der Waals surface area contributed by atoms with Crippen molar-refractivity contribution in [3.63, 3.8) is 0 Å². The molecular weight excluding hydrogens is 432 g/mol. The lowest BCUT2D eigenvalue weighted by Crippen LogP contribution is -2.60. The summed E-state index contributed by atoms with van der Waals surface area (Å²) in [5.74, 6) is 0.179. The van der Waals surface area contributed by atoms with Gasteiger partial charge in [-0.1, -0.05) is 11.6 Å². The average molecular weight is 453 g/mol. The van der Waals surface area contributed by atoms with Crippen LogP contribution in [0.3, 0.4) is 0 Å². The van der Waals surface area contributed by atoms with Crippen molar-refractivity contribution in [2.45, 2.75) is 37.1 Å². The molecule has 11 heteroatoms. The van der Waals surface area contributed by atoms with Crippen LogP contribution in [0.15, 0.2) is 36.4 Å². The van der Waals surface area contributed by atoms with E-state index in [9.17, 15) is 30.5 Å². The van der Waals surface area contributed by atoms with Gasteiger partial charge in [0.05, 0.1) is 16.6 Å². The number of anilines is 2. The highest BCUT2D eigenvalue weighted by Gasteiger charge is 2.44. The third kappa shape index (κ3) is 4.05. The van der Waals surface area contributed by atoms with Crippen LogP contribution in [0.1, 0.15) is 5.56 Å². The first-order chi connectivity index (χ1) is 14.8. The van der Waals surface area contributed by atoms with Crippen molar-refractivity contribution < 1.29 is 34.8 Å². The largest absolute Gasteiger partial charge is 0.460 e. The second kappa shape index (κ2) is 8.58. The normalized spacial score (nSPS) is 27.8. The van der Waals surface area contributed by atoms with Crippen LogP contribution in [0.5, 0.6) is 5.75 Å². The van der Waals surface area contributed by atoms with Crippen LogP contribution >= 0.6 is 11.6 Å². The summed E-state index contributed by atoms with van der Waals surface area (Å²) in [6, 6.07) is 9.68. The number of nitro benzene ring substituents is 1. The molecule has 1 fully saturated rings. The Morgan fingerprint density at radius 1 is 1.16 bits per heavy atom. The lowest BCUT2D eigenvalue weighted by Gasteiger charge is -2.39. The zero-order chi connectivity index (χ0) is 22.3. The van der Waals surface area contributed by atoms with E-state index in [1.54, 1.807) is 30.3 Å². The summed E-state index contributed by atoms with van der Waals surface area (Å²) in [5.41, 5.74) is 2.51. The molecule has 1 saturated heterocycles. The fourth-order valence-electron chi connectivity index (χ4n) is 3.81. The SMILES string of the molecule is O=[N+]([O-])c1ccc2c(c1)CCN2c1ccc(O[C@H]2OC(CO)[C@@H](O)C(O)C2O)c(Cl)c1. The fourth-order valence-corrected chi connectivity index (χ4v) is 4.03. The Bertz CT molecular complexity index is 988. The van der Waals surface area contributed by atoms with Gasteiger partial charge in [0.15, 0.2) is 0 Å². The molecule has 4 rings (SSSR count). The molecule has 0 amide bonds. The highest BCUT2D eigenvalue weighted by molar-refractivity contribution is 6.32. The van der Waals surface area contributed by atoms with Crippen molar-refractivity contribution in [1.82, 2.24) is 0 Å². The predicted octanol–water partition coefficient (Wildman–Crippen LogP) is 1.12. The number of nitro groups is 1. The molecule has 2 aliphatic heterocycles. The molecule has 2 aliphatic rings. The van der Waals surface area contributed by atoms with Crippen molar-refractivity contribution in [2.24, 2.45) is 0 Å². The molecule has 2 heterocycles. The maximum atomic E-state index is 11.0. The summed E-state index contributed by atoms with van der Waals surface area (Å²) in [5, 5.41) is 50.4. The number of rotatable bonds is 5. The molecule has 0 spiro atoms. The van der Waals surface area contributed by atoms with Gasteiger partial charge in [0, 0.05) is 30.1 Å². The Kier molecular flexibility index (Phi) is 6.02. The Morgan fingerprint density at radius 3 is 2.61 bits per heavy atom. The van der Waals surface area contributed by atoms with Gasteiger partial charge in [-0.25, -0.2) is 0 Å². The van der Waals surface area contributed by atoms with Gasteiger partial charge in [0.1, 0.15) is 30.2 Å². The number of ether oxygens (including phenoxy) is 2. The molecule has 0 radical (unpaired) electrons. The third-order valence-electron chi connectivity index (χ3n) is 5.49. The zero-order valence-electron chi connectivity index (χ0n) is 16.2. The molecule has 166 valence electrons. The summed E-state index contributed by atoms with van der Waals surface area (Å²) in [6.45, 7) is 0.0593. The number of nitrogens with zero attached hydrogens (tertiary/aromatic N) is 2. The first-order valence-corrected chi connectivity index (χ1v) is 9.99. The molecule has 0 bridgehead atoms. The molecule has 10 nitrogen and oxygen atoms in total. The summed E-state index contributed by atoms with van der Waals surface area (Å²) in [6.07, 6.45) is -6.37. The summed E-state index contributed by atoms with van der Waals surface area (Å²) >= 11 is 6.36. The standard InChI is InChI=1S/C20H21ClN2O8/c21-13-8-11(22-6-5-10-7-12(23(28)29)1-3-14(10)22)2-4-15(13)30-20-19(27)18(26)17(25)16(9-24)31-20/h1-4,7-8,16-20,24-27H,5-6,9H2/t16?,17-,18?,19?,20+/m1/s1. The van der Waals surface area contributed by atoms with E-state index in [-0.39, 0.29) is 16.5 Å². The number of aliphatic hydroxyl groups is 4. The molecule has 31 heavy (non-hydrogen) atoms. The molecule has 4 N–H and O–H groups in total. The number of fused-ring (bicyclic) bond motifs is 1. The summed E-state index contributed by atoms with van der Waals surface area (Å²) in [4.78, 5) is 12.5. The molecule has 0 aromatic heterocycles. The number of benzene rings is 2. The number of hydrogen-bond acceptors (Lipinski definition) is 9. The molecule has 0 aliphatic carbocycles. The molecule has 5 atom stereocenters. The van der Waals surface area contributed by atoms with E-state index in [2.05, 4.69) is 0 Å². The van der Waals surface area contributed by atoms with E-state index in [4.69, 9.17) is 21.1 Å². The van der Waals surface area contributed by atoms with Gasteiger partial charge in [0.25, 0.3) is 5.69 Å². The van der Waals surface area contributed by atoms with Crippen LogP contribution in [-0.2, 0) is 11.2 Å². The quantitative estimate of drug-likeness (QED) is 0.387. The first-order valence-electron chi connectivity index (χ1n) is 9.61. The van der Waals surface area contributed by atoms with Gasteiger partial charge in [-0.15, -0.1) is 0 Å². The molecule has 0 saturated carbocycles. The molecule has 2 aromatic rings. The molecule has 3 unspecified atom stereocenters. The van der Waals surface area contributed by atoms with Gasteiger partial charge in [-0.05, 0) is 36.2 Å². The highest BCUT2D eigenvalue weighted by atomic mass is 35.5. The van der Waals surface area contributed by atoms with Crippen LogP contribution < -0.4 is 9.64 Å². The Balaban J connectivity index is 1.53. The third-order valence-corrected chi connectivity index (χ3v) is 5.78. The van der Waals surface area contributed by atoms with Crippen molar-refractivity contribution in [3.8, 4) is 5.75 Å². The van der Waals surface area contributed by atoms with Crippen LogP contribution in [-0.4, -0.2) is 69.2 Å². The van der Waals surface area contributed by atoms with Crippen molar-refractivity contribution >= 4 is 28.7 Å². The number of non-ortho nitro benzene ring substituents is 1. The van der Waals surface area contributed by atoms with Crippen molar-refractivity contribution in [3.05, 3.63) is 57.1 Å². The lowest BCUT2D eigenvalue weighted by molar-refractivity contribution is -0.384. The Labute approximate surface area is 182 Å². The van der Waals surface area contributed by atoms with Gasteiger partial charge in [-0.2, -0.15) is 0 Å². The van der Waals surface area contributed by atoms with E-state index >= 15 is 0 Å². The fraction of sp³-hybridized carbons (Fsp3) is 0.400. The van der Waals surface area contributed by atoms with Crippen LogP contribution in [0.2, 0.25) is 5.02 Å². The molecule has 2 aromatic carbocycles. The second-order valence-electron chi connectivity index (χ2n) is 7.40. The average Bonchev–Trinajstić information content (AvgIpc) is 3.18. The minimum atomic E-state index is -1.56. The summed E-state index contributed by atoms with van der Waals surface area (Å²) in [7, 11) is 0. The maximum Gasteiger partial charge on any atom is 0.269 e. The molecular formula is C20H21ClN2O8. The van der Waals surface area contributed by atoms with Crippen molar-refractivity contribution in [1.29, 1.82) is 0 Å². The number of aliphatic hydroxyl groups excluding tert-OH is 4. The monoisotopic (exact) mass is 452 g/mol. The van der Waals surface area contributed by atoms with E-state index < -0.39 is 42.2 Å². The van der Waals surface area contributed by atoms with Crippen LogP contribution in [0, 0.1) is 10.1 Å². The topological polar surface area (TPSA) is 146 Å². The van der Waals surface area contributed by atoms with Crippen LogP contribution in [0.25, 0.3) is 0 Å². The predicted molar refractivity (Wildman–Crippen MR) is 110 cm³/mol. The zero-order valence-corrected chi connectivity index (χ0v) is 16.9. The lowest BCUT2D eigenvalue weighted by atomic mass is 9.99. The van der Waals surface area contributed by atoms with Gasteiger partial charge >= 0.3 is 0 Å². The van der Waals surface area contributed by atoms with Gasteiger partial charge < -0.3 is 34.8 Å². The summed E-state index contributed by atoms with van der Waals surface area (Å²) < 4.78 is 10.9. The smallest absolute Gasteiger partial charge is 0.269 e. The minimum absolute atomic E-state index is 0.0434. The highest BCUT2D eigenvalue weighted by Crippen LogP contribution is 2.39. The Hall–Kier alpha value is -2.47. The second-order valence-corrected chi connectivity index (χ2v) is 7.81. The minimum Gasteiger partial charge on any atom is -0.460 e. The van der Waals surface area contributed by atoms with E-state index in [0.717, 1.165) is 16.9 Å². The van der Waals surface area contributed by atoms with Gasteiger partial charge in [0.2, 0.25) is 6.29 Å². The maximum absolute atomic E-state index is 11.0. The van der Waals surface area contributed by atoms with Gasteiger partial charge in [-0.3, -0.25) is 10.1 Å². The number of halogens is 1. The van der Waals surface area contributed by atoms with Crippen LogP contribution in [0.4, 0.5) is 17.1 Å². The van der Waals surface area contributed by atoms with Crippen molar-refractivity contribution in [2.75, 3.05) is 18.1 Å². The number of hydrogen-bond donors (Lipinski definition) is 4.